The zero-order chi connectivity index (χ0) is 15.1. The molecule has 1 aliphatic heterocycles. The number of hydrogen-bond acceptors (Lipinski definition) is 4. The molecule has 5 nitrogen and oxygen atoms in total. The third kappa shape index (κ3) is 4.63. The van der Waals surface area contributed by atoms with Gasteiger partial charge in [-0.1, -0.05) is 12.1 Å². The topological polar surface area (TPSA) is 65.0 Å². The van der Waals surface area contributed by atoms with Crippen molar-refractivity contribution in [2.75, 3.05) is 20.3 Å². The van der Waals surface area contributed by atoms with E-state index in [9.17, 15) is 4.79 Å². The van der Waals surface area contributed by atoms with E-state index in [1.54, 1.807) is 7.11 Å². The average Bonchev–Trinajstić information content (AvgIpc) is 2.48. The van der Waals surface area contributed by atoms with Gasteiger partial charge in [0, 0.05) is 19.3 Å². The summed E-state index contributed by atoms with van der Waals surface area (Å²) in [6.07, 6.45) is 3.33. The minimum atomic E-state index is -0.774. The summed E-state index contributed by atoms with van der Waals surface area (Å²) >= 11 is 0. The first kappa shape index (κ1) is 15.6. The molecule has 5 heteroatoms. The Labute approximate surface area is 124 Å². The van der Waals surface area contributed by atoms with Crippen molar-refractivity contribution in [1.29, 1.82) is 0 Å². The highest BCUT2D eigenvalue weighted by Gasteiger charge is 2.18. The molecule has 1 fully saturated rings. The van der Waals surface area contributed by atoms with Gasteiger partial charge in [0.2, 0.25) is 0 Å². The maximum atomic E-state index is 10.6. The van der Waals surface area contributed by atoms with Crippen LogP contribution in [0.1, 0.15) is 31.2 Å². The Morgan fingerprint density at radius 1 is 1.38 bits per heavy atom. The second-order valence-electron chi connectivity index (χ2n) is 5.13. The van der Waals surface area contributed by atoms with E-state index in [4.69, 9.17) is 19.3 Å². The molecule has 1 heterocycles. The summed E-state index contributed by atoms with van der Waals surface area (Å²) in [6.45, 7) is 1.45. The van der Waals surface area contributed by atoms with Crippen LogP contribution in [-0.2, 0) is 16.0 Å². The molecule has 1 aliphatic rings. The van der Waals surface area contributed by atoms with E-state index < -0.39 is 5.97 Å². The molecule has 1 aromatic rings. The zero-order valence-electron chi connectivity index (χ0n) is 12.3. The lowest BCUT2D eigenvalue weighted by Crippen LogP contribution is -2.26. The van der Waals surface area contributed by atoms with Gasteiger partial charge in [-0.15, -0.1) is 0 Å². The van der Waals surface area contributed by atoms with Crippen molar-refractivity contribution in [2.45, 2.75) is 38.2 Å². The molecule has 0 saturated carbocycles. The van der Waals surface area contributed by atoms with Crippen LogP contribution < -0.4 is 9.47 Å². The molecular weight excluding hydrogens is 272 g/mol. The minimum Gasteiger partial charge on any atom is -0.493 e. The Hall–Kier alpha value is -1.75. The largest absolute Gasteiger partial charge is 0.493 e. The lowest BCUT2D eigenvalue weighted by molar-refractivity contribution is -0.137. The van der Waals surface area contributed by atoms with E-state index in [1.807, 2.05) is 18.2 Å². The number of carboxylic acid groups (broad SMARTS) is 1. The molecule has 21 heavy (non-hydrogen) atoms. The Morgan fingerprint density at radius 3 is 2.81 bits per heavy atom. The van der Waals surface area contributed by atoms with Crippen molar-refractivity contribution in [3.63, 3.8) is 0 Å². The van der Waals surface area contributed by atoms with Crippen LogP contribution in [0.2, 0.25) is 0 Å². The first-order valence-corrected chi connectivity index (χ1v) is 7.32. The van der Waals surface area contributed by atoms with Crippen LogP contribution in [0, 0.1) is 0 Å². The number of aryl methyl sites for hydroxylation is 1. The van der Waals surface area contributed by atoms with E-state index in [2.05, 4.69) is 0 Å². The van der Waals surface area contributed by atoms with Crippen molar-refractivity contribution in [3.05, 3.63) is 23.8 Å². The van der Waals surface area contributed by atoms with Crippen LogP contribution in [0.5, 0.6) is 11.5 Å². The molecule has 0 spiro atoms. The standard InChI is InChI=1S/C16H22O5/c1-19-16-12(5-3-7-15(17)18)4-2-6-14(16)21-13-8-10-20-11-9-13/h2,4,6,13H,3,5,7-11H2,1H3,(H,17,18). The highest BCUT2D eigenvalue weighted by Crippen LogP contribution is 2.33. The Bertz CT molecular complexity index is 466. The van der Waals surface area contributed by atoms with Crippen LogP contribution in [-0.4, -0.2) is 37.5 Å². The van der Waals surface area contributed by atoms with Crippen LogP contribution in [0.25, 0.3) is 0 Å². The van der Waals surface area contributed by atoms with Gasteiger partial charge < -0.3 is 19.3 Å². The lowest BCUT2D eigenvalue weighted by Gasteiger charge is -2.24. The van der Waals surface area contributed by atoms with Gasteiger partial charge >= 0.3 is 5.97 Å². The zero-order valence-corrected chi connectivity index (χ0v) is 12.3. The summed E-state index contributed by atoms with van der Waals surface area (Å²) in [5.41, 5.74) is 0.989. The van der Waals surface area contributed by atoms with E-state index in [1.165, 1.54) is 0 Å². The highest BCUT2D eigenvalue weighted by molar-refractivity contribution is 5.66. The van der Waals surface area contributed by atoms with E-state index in [-0.39, 0.29) is 12.5 Å². The van der Waals surface area contributed by atoms with Gasteiger partial charge in [0.15, 0.2) is 11.5 Å². The van der Waals surface area contributed by atoms with Gasteiger partial charge in [0.05, 0.1) is 20.3 Å². The van der Waals surface area contributed by atoms with Crippen molar-refractivity contribution >= 4 is 5.97 Å². The third-order valence-electron chi connectivity index (χ3n) is 3.56. The SMILES string of the molecule is COc1c(CCCC(=O)O)cccc1OC1CCOCC1. The summed E-state index contributed by atoms with van der Waals surface area (Å²) < 4.78 is 16.8. The van der Waals surface area contributed by atoms with E-state index in [0.717, 1.165) is 43.1 Å². The smallest absolute Gasteiger partial charge is 0.303 e. The quantitative estimate of drug-likeness (QED) is 0.837. The van der Waals surface area contributed by atoms with E-state index >= 15 is 0 Å². The molecule has 1 saturated heterocycles. The fourth-order valence-electron chi connectivity index (χ4n) is 2.49. The summed E-state index contributed by atoms with van der Waals surface area (Å²) in [4.78, 5) is 10.6. The maximum Gasteiger partial charge on any atom is 0.303 e. The number of para-hydroxylation sites is 1. The molecule has 0 unspecified atom stereocenters. The van der Waals surface area contributed by atoms with E-state index in [0.29, 0.717) is 12.8 Å². The molecule has 116 valence electrons. The van der Waals surface area contributed by atoms with Gasteiger partial charge in [0.1, 0.15) is 6.10 Å². The Morgan fingerprint density at radius 2 is 2.14 bits per heavy atom. The molecule has 0 bridgehead atoms. The maximum absolute atomic E-state index is 10.6. The Kier molecular flexibility index (Phi) is 5.87. The van der Waals surface area contributed by atoms with Crippen molar-refractivity contribution < 1.29 is 24.1 Å². The number of hydrogen-bond donors (Lipinski definition) is 1. The Balaban J connectivity index is 2.04. The van der Waals surface area contributed by atoms with Crippen LogP contribution in [0.4, 0.5) is 0 Å². The number of carboxylic acids is 1. The van der Waals surface area contributed by atoms with Crippen molar-refractivity contribution in [3.8, 4) is 11.5 Å². The fourth-order valence-corrected chi connectivity index (χ4v) is 2.49. The van der Waals surface area contributed by atoms with Gasteiger partial charge in [0.25, 0.3) is 0 Å². The minimum absolute atomic E-state index is 0.155. The number of carbonyl (C=O) groups is 1. The summed E-state index contributed by atoms with van der Waals surface area (Å²) in [5, 5.41) is 8.72. The lowest BCUT2D eigenvalue weighted by atomic mass is 10.1. The second kappa shape index (κ2) is 7.88. The average molecular weight is 294 g/mol. The molecule has 0 amide bonds. The predicted molar refractivity (Wildman–Crippen MR) is 78.0 cm³/mol. The normalized spacial score (nSPS) is 15.7. The van der Waals surface area contributed by atoms with Gasteiger partial charge in [-0.2, -0.15) is 0 Å². The van der Waals surface area contributed by atoms with Crippen LogP contribution >= 0.6 is 0 Å². The number of ether oxygens (including phenoxy) is 3. The summed E-state index contributed by atoms with van der Waals surface area (Å²) in [7, 11) is 1.62. The van der Waals surface area contributed by atoms with Gasteiger partial charge in [-0.05, 0) is 24.5 Å². The van der Waals surface area contributed by atoms with Gasteiger partial charge in [-0.3, -0.25) is 4.79 Å². The highest BCUT2D eigenvalue weighted by atomic mass is 16.5. The summed E-state index contributed by atoms with van der Waals surface area (Å²) in [5.74, 6) is 0.676. The summed E-state index contributed by atoms with van der Waals surface area (Å²) in [6, 6.07) is 5.78. The number of benzene rings is 1. The first-order chi connectivity index (χ1) is 10.2. The molecule has 0 aliphatic carbocycles. The van der Waals surface area contributed by atoms with Gasteiger partial charge in [-0.25, -0.2) is 0 Å². The molecule has 0 aromatic heterocycles. The molecule has 1 N–H and O–H groups in total. The molecular formula is C16H22O5. The number of aliphatic carboxylic acids is 1. The third-order valence-corrected chi connectivity index (χ3v) is 3.56. The monoisotopic (exact) mass is 294 g/mol. The number of methoxy groups -OCH3 is 1. The number of rotatable bonds is 7. The molecule has 0 radical (unpaired) electrons. The molecule has 0 atom stereocenters. The molecule has 2 rings (SSSR count). The molecule has 1 aromatic carbocycles. The van der Waals surface area contributed by atoms with Crippen molar-refractivity contribution in [2.24, 2.45) is 0 Å². The van der Waals surface area contributed by atoms with Crippen LogP contribution in [0.3, 0.4) is 0 Å². The first-order valence-electron chi connectivity index (χ1n) is 7.32. The van der Waals surface area contributed by atoms with Crippen molar-refractivity contribution in [1.82, 2.24) is 0 Å². The fraction of sp³-hybridized carbons (Fsp3) is 0.562. The second-order valence-corrected chi connectivity index (χ2v) is 5.13. The predicted octanol–water partition coefficient (Wildman–Crippen LogP) is 2.66. The van der Waals surface area contributed by atoms with Crippen LogP contribution in [0.15, 0.2) is 18.2 Å².